The SMILES string of the molecule is CC(C)(C)Oc1c(C(C)(C)C)cc(F)cc1[Si](c1ccccc1)(c1ccccc1)C1CC2c3ccccc3-c3ccccc3C2C1. The van der Waals surface area contributed by atoms with Crippen LogP contribution in [0.2, 0.25) is 5.54 Å². The van der Waals surface area contributed by atoms with Crippen LogP contribution in [0.4, 0.5) is 4.39 Å². The molecule has 1 nitrogen and oxygen atoms in total. The second kappa shape index (κ2) is 11.4. The van der Waals surface area contributed by atoms with Crippen molar-refractivity contribution in [2.75, 3.05) is 0 Å². The molecule has 234 valence electrons. The van der Waals surface area contributed by atoms with Gasteiger partial charge in [0.05, 0.1) is 0 Å². The van der Waals surface area contributed by atoms with Gasteiger partial charge in [0.15, 0.2) is 8.07 Å². The molecule has 5 aromatic rings. The van der Waals surface area contributed by atoms with Gasteiger partial charge in [-0.1, -0.05) is 130 Å². The van der Waals surface area contributed by atoms with E-state index in [0.29, 0.717) is 17.4 Å². The highest BCUT2D eigenvalue weighted by Crippen LogP contribution is 2.60. The van der Waals surface area contributed by atoms with E-state index in [2.05, 4.69) is 151 Å². The molecule has 2 unspecified atom stereocenters. The van der Waals surface area contributed by atoms with Gasteiger partial charge in [-0.2, -0.15) is 0 Å². The fraction of sp³-hybridized carbons (Fsp3) is 0.302. The van der Waals surface area contributed by atoms with Gasteiger partial charge in [0.2, 0.25) is 0 Å². The second-order valence-electron chi connectivity index (χ2n) is 15.4. The molecule has 7 rings (SSSR count). The molecule has 0 amide bonds. The van der Waals surface area contributed by atoms with Crippen LogP contribution < -0.4 is 20.3 Å². The molecule has 0 aliphatic heterocycles. The predicted molar refractivity (Wildman–Crippen MR) is 193 cm³/mol. The monoisotopic (exact) mass is 624 g/mol. The van der Waals surface area contributed by atoms with E-state index < -0.39 is 13.7 Å². The lowest BCUT2D eigenvalue weighted by molar-refractivity contribution is 0.129. The van der Waals surface area contributed by atoms with Crippen molar-refractivity contribution in [1.29, 1.82) is 0 Å². The molecule has 0 bridgehead atoms. The van der Waals surface area contributed by atoms with Crippen LogP contribution in [0.3, 0.4) is 0 Å². The first-order valence-corrected chi connectivity index (χ1v) is 18.9. The molecule has 3 heteroatoms. The Morgan fingerprint density at radius 3 is 1.52 bits per heavy atom. The van der Waals surface area contributed by atoms with Crippen LogP contribution in [0.15, 0.2) is 121 Å². The van der Waals surface area contributed by atoms with Gasteiger partial charge in [0.25, 0.3) is 0 Å². The fourth-order valence-corrected chi connectivity index (χ4v) is 14.5. The van der Waals surface area contributed by atoms with Gasteiger partial charge in [0.1, 0.15) is 17.2 Å². The fourth-order valence-electron chi connectivity index (χ4n) is 8.64. The first kappa shape index (κ1) is 30.7. The summed E-state index contributed by atoms with van der Waals surface area (Å²) in [5, 5.41) is 3.70. The normalized spacial score (nSPS) is 19.2. The van der Waals surface area contributed by atoms with Crippen LogP contribution in [-0.2, 0) is 5.41 Å². The number of hydrogen-bond donors (Lipinski definition) is 0. The van der Waals surface area contributed by atoms with Crippen molar-refractivity contribution in [3.05, 3.63) is 144 Å². The van der Waals surface area contributed by atoms with E-state index in [9.17, 15) is 0 Å². The summed E-state index contributed by atoms with van der Waals surface area (Å²) in [5.41, 5.74) is 6.12. The molecule has 2 aliphatic carbocycles. The lowest BCUT2D eigenvalue weighted by Gasteiger charge is -2.42. The summed E-state index contributed by atoms with van der Waals surface area (Å²) in [6.07, 6.45) is 2.09. The van der Waals surface area contributed by atoms with Gasteiger partial charge in [-0.15, -0.1) is 0 Å². The Kier molecular flexibility index (Phi) is 7.59. The van der Waals surface area contributed by atoms with Crippen molar-refractivity contribution in [2.24, 2.45) is 0 Å². The highest BCUT2D eigenvalue weighted by Gasteiger charge is 2.55. The molecule has 5 aromatic carbocycles. The number of rotatable bonds is 5. The van der Waals surface area contributed by atoms with Crippen LogP contribution in [0.5, 0.6) is 5.75 Å². The van der Waals surface area contributed by atoms with Crippen molar-refractivity contribution in [3.8, 4) is 16.9 Å². The summed E-state index contributed by atoms with van der Waals surface area (Å²) in [6, 6.07) is 43.8. The molecular weight excluding hydrogens is 580 g/mol. The topological polar surface area (TPSA) is 9.23 Å². The standard InChI is InChI=1S/C43H45FOSi/c1-42(2,3)39-25-29(44)26-40(41(39)45-43(4,5)6)46(30-17-9-7-10-18-30,31-19-11-8-12-20-31)32-27-37-35-23-15-13-21-33(35)34-22-14-16-24-36(34)38(37)28-32/h7-26,32,37-38H,27-28H2,1-6H3. The maximum atomic E-state index is 16.3. The largest absolute Gasteiger partial charge is 0.488 e. The zero-order chi connectivity index (χ0) is 32.3. The Labute approximate surface area is 275 Å². The van der Waals surface area contributed by atoms with E-state index in [1.165, 1.54) is 32.6 Å². The Balaban J connectivity index is 1.56. The summed E-state index contributed by atoms with van der Waals surface area (Å²) in [4.78, 5) is 0. The molecule has 46 heavy (non-hydrogen) atoms. The third kappa shape index (κ3) is 5.13. The summed E-state index contributed by atoms with van der Waals surface area (Å²) in [7, 11) is -2.97. The summed E-state index contributed by atoms with van der Waals surface area (Å²) in [6.45, 7) is 12.9. The van der Waals surface area contributed by atoms with Crippen molar-refractivity contribution < 1.29 is 9.13 Å². The molecule has 0 N–H and O–H groups in total. The van der Waals surface area contributed by atoms with Crippen LogP contribution in [0.1, 0.15) is 82.9 Å². The smallest absolute Gasteiger partial charge is 0.156 e. The van der Waals surface area contributed by atoms with Crippen molar-refractivity contribution in [1.82, 2.24) is 0 Å². The zero-order valence-corrected chi connectivity index (χ0v) is 29.0. The van der Waals surface area contributed by atoms with E-state index in [1.807, 2.05) is 6.07 Å². The molecule has 2 aliphatic rings. The second-order valence-corrected chi connectivity index (χ2v) is 19.5. The third-order valence-electron chi connectivity index (χ3n) is 10.3. The van der Waals surface area contributed by atoms with E-state index in [1.54, 1.807) is 6.07 Å². The maximum Gasteiger partial charge on any atom is 0.156 e. The van der Waals surface area contributed by atoms with E-state index in [-0.39, 0.29) is 11.2 Å². The highest BCUT2D eigenvalue weighted by atomic mass is 28.3. The average molecular weight is 625 g/mol. The Hall–Kier alpha value is -3.95. The zero-order valence-electron chi connectivity index (χ0n) is 28.0. The molecule has 1 fully saturated rings. The summed E-state index contributed by atoms with van der Waals surface area (Å²) < 4.78 is 23.3. The van der Waals surface area contributed by atoms with Gasteiger partial charge < -0.3 is 4.74 Å². The third-order valence-corrected chi connectivity index (χ3v) is 15.7. The molecule has 0 radical (unpaired) electrons. The summed E-state index contributed by atoms with van der Waals surface area (Å²) >= 11 is 0. The molecule has 0 spiro atoms. The molecule has 0 aromatic heterocycles. The molecule has 2 atom stereocenters. The van der Waals surface area contributed by atoms with Crippen LogP contribution in [0.25, 0.3) is 11.1 Å². The predicted octanol–water partition coefficient (Wildman–Crippen LogP) is 9.48. The number of benzene rings is 5. The van der Waals surface area contributed by atoms with Crippen molar-refractivity contribution >= 4 is 23.6 Å². The number of halogens is 1. The minimum absolute atomic E-state index is 0.184. The molecular formula is C43H45FOSi. The van der Waals surface area contributed by atoms with Gasteiger partial charge in [-0.3, -0.25) is 0 Å². The van der Waals surface area contributed by atoms with Crippen LogP contribution >= 0.6 is 0 Å². The van der Waals surface area contributed by atoms with Crippen molar-refractivity contribution in [2.45, 2.75) is 82.8 Å². The summed E-state index contributed by atoms with van der Waals surface area (Å²) in [5.74, 6) is 1.49. The first-order chi connectivity index (χ1) is 22.0. The minimum Gasteiger partial charge on any atom is -0.488 e. The van der Waals surface area contributed by atoms with Gasteiger partial charge in [0, 0.05) is 5.56 Å². The Bertz CT molecular complexity index is 1770. The van der Waals surface area contributed by atoms with E-state index in [0.717, 1.165) is 29.3 Å². The maximum absolute atomic E-state index is 16.3. The average Bonchev–Trinajstić information content (AvgIpc) is 3.49. The van der Waals surface area contributed by atoms with Crippen molar-refractivity contribution in [3.63, 3.8) is 0 Å². The van der Waals surface area contributed by atoms with Gasteiger partial charge >= 0.3 is 0 Å². The molecule has 0 heterocycles. The highest BCUT2D eigenvalue weighted by molar-refractivity contribution is 7.12. The minimum atomic E-state index is -2.97. The van der Waals surface area contributed by atoms with Crippen LogP contribution in [0, 0.1) is 5.82 Å². The number of ether oxygens (including phenoxy) is 1. The number of hydrogen-bond acceptors (Lipinski definition) is 1. The van der Waals surface area contributed by atoms with E-state index >= 15 is 4.39 Å². The number of fused-ring (bicyclic) bond motifs is 6. The Morgan fingerprint density at radius 2 is 1.07 bits per heavy atom. The molecule has 1 saturated carbocycles. The lowest BCUT2D eigenvalue weighted by Crippen LogP contribution is -2.70. The lowest BCUT2D eigenvalue weighted by atomic mass is 9.73. The van der Waals surface area contributed by atoms with Crippen LogP contribution in [-0.4, -0.2) is 13.7 Å². The first-order valence-electron chi connectivity index (χ1n) is 16.8. The van der Waals surface area contributed by atoms with Gasteiger partial charge in [-0.25, -0.2) is 4.39 Å². The van der Waals surface area contributed by atoms with E-state index in [4.69, 9.17) is 4.74 Å². The quantitative estimate of drug-likeness (QED) is 0.140. The molecule has 0 saturated heterocycles. The Morgan fingerprint density at radius 1 is 0.609 bits per heavy atom. The van der Waals surface area contributed by atoms with Gasteiger partial charge in [-0.05, 0) is 106 Å².